The van der Waals surface area contributed by atoms with Gasteiger partial charge < -0.3 is 15.3 Å². The van der Waals surface area contributed by atoms with Crippen LogP contribution in [-0.4, -0.2) is 47.2 Å². The van der Waals surface area contributed by atoms with Crippen LogP contribution in [0.4, 0.5) is 11.4 Å². The number of carbonyl (C=O) groups is 1. The van der Waals surface area contributed by atoms with Crippen molar-refractivity contribution in [2.24, 2.45) is 5.41 Å². The summed E-state index contributed by atoms with van der Waals surface area (Å²) in [5.41, 5.74) is 0.163. The van der Waals surface area contributed by atoms with Crippen molar-refractivity contribution >= 4 is 17.3 Å². The lowest BCUT2D eigenvalue weighted by Gasteiger charge is -2.28. The lowest BCUT2D eigenvalue weighted by Crippen LogP contribution is -2.43. The van der Waals surface area contributed by atoms with E-state index in [1.54, 1.807) is 33.0 Å². The molecular weight excluding hydrogens is 288 g/mol. The van der Waals surface area contributed by atoms with E-state index in [1.165, 1.54) is 6.20 Å². The van der Waals surface area contributed by atoms with E-state index >= 15 is 0 Å². The number of nitrogens with one attached hydrogen (secondary N) is 1. The number of rotatable bonds is 2. The topological polar surface area (TPSA) is 109 Å². The summed E-state index contributed by atoms with van der Waals surface area (Å²) >= 11 is 0. The maximum absolute atomic E-state index is 10.8. The molecule has 1 aromatic heterocycles. The Hall–Kier alpha value is -2.22. The quantitative estimate of drug-likeness (QED) is 0.629. The minimum atomic E-state index is -0.757. The van der Waals surface area contributed by atoms with Crippen molar-refractivity contribution < 1.29 is 14.8 Å². The molecule has 122 valence electrons. The molecule has 2 N–H and O–H groups in total. The number of hydrogen-bond acceptors (Lipinski definition) is 6. The molecule has 1 aliphatic rings. The second-order valence-corrected chi connectivity index (χ2v) is 5.91. The number of carboxylic acids is 1. The number of nitrogens with zero attached hydrogens (tertiary/aromatic N) is 3. The van der Waals surface area contributed by atoms with Crippen LogP contribution < -0.4 is 10.2 Å². The van der Waals surface area contributed by atoms with Gasteiger partial charge in [-0.3, -0.25) is 19.9 Å². The molecule has 1 aliphatic heterocycles. The number of pyridine rings is 1. The third kappa shape index (κ3) is 5.28. The Labute approximate surface area is 129 Å². The number of carboxylic acid groups (broad SMARTS) is 1. The lowest BCUT2D eigenvalue weighted by molar-refractivity contribution is -0.384. The number of aromatic nitrogens is 1. The van der Waals surface area contributed by atoms with Crippen LogP contribution in [0.5, 0.6) is 0 Å². The van der Waals surface area contributed by atoms with Gasteiger partial charge in [-0.2, -0.15) is 0 Å². The number of hydrogen-bond donors (Lipinski definition) is 2. The standard InChI is InChI=1S/C9H12N4O2.C5H10O2/c14-13(15)9-7-11-2-1-8(9)12-5-3-10-4-6-12;1-5(2,3)4(6)7/h1-2,7,10H,3-6H2;1-3H3,(H,6,7). The normalized spacial score (nSPS) is 14.8. The monoisotopic (exact) mass is 310 g/mol. The van der Waals surface area contributed by atoms with Gasteiger partial charge in [0, 0.05) is 32.4 Å². The summed E-state index contributed by atoms with van der Waals surface area (Å²) in [5.74, 6) is -0.757. The highest BCUT2D eigenvalue weighted by Crippen LogP contribution is 2.26. The van der Waals surface area contributed by atoms with Crippen LogP contribution in [0, 0.1) is 15.5 Å². The van der Waals surface area contributed by atoms with E-state index in [-0.39, 0.29) is 10.6 Å². The SMILES string of the molecule is CC(C)(C)C(=O)O.O=[N+]([O-])c1cnccc1N1CCNCC1. The predicted octanol–water partition coefficient (Wildman–Crippen LogP) is 1.52. The van der Waals surface area contributed by atoms with Crippen LogP contribution in [0.15, 0.2) is 18.5 Å². The summed E-state index contributed by atoms with van der Waals surface area (Å²) in [6.45, 7) is 8.30. The molecule has 0 atom stereocenters. The van der Waals surface area contributed by atoms with Gasteiger partial charge in [0.05, 0.1) is 10.3 Å². The van der Waals surface area contributed by atoms with Crippen LogP contribution in [0.2, 0.25) is 0 Å². The van der Waals surface area contributed by atoms with Crippen molar-refractivity contribution in [1.82, 2.24) is 10.3 Å². The maximum Gasteiger partial charge on any atom is 0.310 e. The number of aliphatic carboxylic acids is 1. The lowest BCUT2D eigenvalue weighted by atomic mass is 9.98. The maximum atomic E-state index is 10.8. The van der Waals surface area contributed by atoms with Gasteiger partial charge in [0.1, 0.15) is 11.9 Å². The van der Waals surface area contributed by atoms with Crippen LogP contribution >= 0.6 is 0 Å². The summed E-state index contributed by atoms with van der Waals surface area (Å²) in [7, 11) is 0. The molecule has 0 aliphatic carbocycles. The Morgan fingerprint density at radius 3 is 2.41 bits per heavy atom. The second-order valence-electron chi connectivity index (χ2n) is 5.91. The number of nitro groups is 1. The Bertz CT molecular complexity index is 522. The highest BCUT2D eigenvalue weighted by molar-refractivity contribution is 5.72. The summed E-state index contributed by atoms with van der Waals surface area (Å²) in [6.07, 6.45) is 2.89. The zero-order valence-corrected chi connectivity index (χ0v) is 13.1. The van der Waals surface area contributed by atoms with E-state index in [2.05, 4.69) is 10.3 Å². The van der Waals surface area contributed by atoms with Crippen molar-refractivity contribution in [1.29, 1.82) is 0 Å². The minimum Gasteiger partial charge on any atom is -0.481 e. The highest BCUT2D eigenvalue weighted by Gasteiger charge is 2.20. The molecule has 0 bridgehead atoms. The first-order chi connectivity index (χ1) is 10.2. The fourth-order valence-corrected chi connectivity index (χ4v) is 1.69. The first-order valence-electron chi connectivity index (χ1n) is 7.01. The van der Waals surface area contributed by atoms with Crippen LogP contribution in [-0.2, 0) is 4.79 Å². The molecule has 1 saturated heterocycles. The Balaban J connectivity index is 0.000000295. The predicted molar refractivity (Wildman–Crippen MR) is 83.1 cm³/mol. The molecule has 2 heterocycles. The molecule has 0 amide bonds. The third-order valence-corrected chi connectivity index (χ3v) is 3.07. The van der Waals surface area contributed by atoms with Gasteiger partial charge in [-0.15, -0.1) is 0 Å². The second kappa shape index (κ2) is 7.69. The molecule has 0 unspecified atom stereocenters. The molecule has 0 aromatic carbocycles. The number of piperazine rings is 1. The van der Waals surface area contributed by atoms with Crippen LogP contribution in [0.1, 0.15) is 20.8 Å². The van der Waals surface area contributed by atoms with E-state index in [9.17, 15) is 14.9 Å². The largest absolute Gasteiger partial charge is 0.481 e. The molecular formula is C14H22N4O4. The van der Waals surface area contributed by atoms with Crippen molar-refractivity contribution in [3.05, 3.63) is 28.6 Å². The van der Waals surface area contributed by atoms with E-state index in [4.69, 9.17) is 5.11 Å². The van der Waals surface area contributed by atoms with Crippen molar-refractivity contribution in [3.63, 3.8) is 0 Å². The average molecular weight is 310 g/mol. The fourth-order valence-electron chi connectivity index (χ4n) is 1.69. The Kier molecular flexibility index (Phi) is 6.24. The highest BCUT2D eigenvalue weighted by atomic mass is 16.6. The molecule has 22 heavy (non-hydrogen) atoms. The van der Waals surface area contributed by atoms with Crippen LogP contribution in [0.3, 0.4) is 0 Å². The summed E-state index contributed by atoms with van der Waals surface area (Å²) in [4.78, 5) is 26.2. The molecule has 2 rings (SSSR count). The van der Waals surface area contributed by atoms with Crippen molar-refractivity contribution in [2.75, 3.05) is 31.1 Å². The van der Waals surface area contributed by atoms with Gasteiger partial charge >= 0.3 is 11.7 Å². The van der Waals surface area contributed by atoms with Gasteiger partial charge in [0.2, 0.25) is 0 Å². The summed E-state index contributed by atoms with van der Waals surface area (Å²) < 4.78 is 0. The Morgan fingerprint density at radius 1 is 1.41 bits per heavy atom. The van der Waals surface area contributed by atoms with Gasteiger partial charge in [0.15, 0.2) is 0 Å². The van der Waals surface area contributed by atoms with E-state index in [1.807, 2.05) is 4.90 Å². The van der Waals surface area contributed by atoms with Crippen LogP contribution in [0.25, 0.3) is 0 Å². The van der Waals surface area contributed by atoms with Gasteiger partial charge in [0.25, 0.3) is 0 Å². The molecule has 1 aromatic rings. The van der Waals surface area contributed by atoms with E-state index in [0.717, 1.165) is 26.2 Å². The molecule has 8 nitrogen and oxygen atoms in total. The van der Waals surface area contributed by atoms with Crippen molar-refractivity contribution in [2.45, 2.75) is 20.8 Å². The van der Waals surface area contributed by atoms with Gasteiger partial charge in [-0.1, -0.05) is 0 Å². The van der Waals surface area contributed by atoms with Gasteiger partial charge in [-0.05, 0) is 26.8 Å². The average Bonchev–Trinajstić information content (AvgIpc) is 2.48. The third-order valence-electron chi connectivity index (χ3n) is 3.07. The van der Waals surface area contributed by atoms with Gasteiger partial charge in [-0.25, -0.2) is 0 Å². The molecule has 8 heteroatoms. The molecule has 0 radical (unpaired) electrons. The first-order valence-corrected chi connectivity index (χ1v) is 7.01. The molecule has 1 fully saturated rings. The fraction of sp³-hybridized carbons (Fsp3) is 0.571. The zero-order valence-electron chi connectivity index (χ0n) is 13.1. The minimum absolute atomic E-state index is 0.0828. The summed E-state index contributed by atoms with van der Waals surface area (Å²) in [5, 5.41) is 22.2. The molecule has 0 saturated carbocycles. The smallest absolute Gasteiger partial charge is 0.310 e. The zero-order chi connectivity index (χ0) is 16.8. The summed E-state index contributed by atoms with van der Waals surface area (Å²) in [6, 6.07) is 1.70. The molecule has 0 spiro atoms. The van der Waals surface area contributed by atoms with Crippen molar-refractivity contribution in [3.8, 4) is 0 Å². The van der Waals surface area contributed by atoms with E-state index < -0.39 is 11.4 Å². The Morgan fingerprint density at radius 2 is 1.95 bits per heavy atom. The number of anilines is 1. The van der Waals surface area contributed by atoms with E-state index in [0.29, 0.717) is 5.69 Å². The first kappa shape index (κ1) is 17.8.